The van der Waals surface area contributed by atoms with E-state index in [2.05, 4.69) is 37.3 Å². The quantitative estimate of drug-likeness (QED) is 0.907. The predicted molar refractivity (Wildman–Crippen MR) is 95.0 cm³/mol. The minimum atomic E-state index is -0.0324. The Bertz CT molecular complexity index is 695. The minimum Gasteiger partial charge on any atom is -0.348 e. The fourth-order valence-electron chi connectivity index (χ4n) is 3.38. The number of amides is 1. The van der Waals surface area contributed by atoms with Crippen molar-refractivity contribution >= 4 is 17.2 Å². The van der Waals surface area contributed by atoms with E-state index in [4.69, 9.17) is 0 Å². The van der Waals surface area contributed by atoms with Gasteiger partial charge in [0.1, 0.15) is 0 Å². The van der Waals surface area contributed by atoms with Gasteiger partial charge < -0.3 is 5.32 Å². The second kappa shape index (κ2) is 6.87. The number of nitrogens with zero attached hydrogens (tertiary/aromatic N) is 2. The van der Waals surface area contributed by atoms with Crippen molar-refractivity contribution in [1.29, 1.82) is 0 Å². The van der Waals surface area contributed by atoms with E-state index in [0.717, 1.165) is 25.1 Å². The van der Waals surface area contributed by atoms with Crippen molar-refractivity contribution in [3.63, 3.8) is 0 Å². The molecule has 4 nitrogen and oxygen atoms in total. The number of carbonyl (C=O) groups excluding carboxylic acids is 1. The van der Waals surface area contributed by atoms with Gasteiger partial charge in [0.2, 0.25) is 0 Å². The van der Waals surface area contributed by atoms with Crippen molar-refractivity contribution in [2.45, 2.75) is 65.5 Å². The molecule has 2 aromatic heterocycles. The molecule has 3 rings (SSSR count). The van der Waals surface area contributed by atoms with Crippen molar-refractivity contribution in [1.82, 2.24) is 15.1 Å². The van der Waals surface area contributed by atoms with Crippen molar-refractivity contribution in [2.24, 2.45) is 0 Å². The molecule has 0 bridgehead atoms. The molecule has 0 saturated heterocycles. The Kier molecular flexibility index (Phi) is 4.85. The third-order valence-electron chi connectivity index (χ3n) is 4.57. The van der Waals surface area contributed by atoms with Gasteiger partial charge in [-0.3, -0.25) is 9.48 Å². The van der Waals surface area contributed by atoms with Crippen LogP contribution in [0.3, 0.4) is 0 Å². The lowest BCUT2D eigenvalue weighted by Crippen LogP contribution is -2.36. The molecule has 0 radical (unpaired) electrons. The van der Waals surface area contributed by atoms with Gasteiger partial charge in [0.05, 0.1) is 5.69 Å². The molecule has 1 saturated carbocycles. The molecule has 2 aromatic rings. The molecule has 0 atom stereocenters. The molecule has 124 valence electrons. The smallest absolute Gasteiger partial charge is 0.272 e. The Labute approximate surface area is 141 Å². The zero-order valence-electron chi connectivity index (χ0n) is 14.2. The Morgan fingerprint density at radius 2 is 2.04 bits per heavy atom. The van der Waals surface area contributed by atoms with Crippen LogP contribution in [0.25, 0.3) is 11.3 Å². The Morgan fingerprint density at radius 3 is 2.65 bits per heavy atom. The summed E-state index contributed by atoms with van der Waals surface area (Å²) >= 11 is 1.79. The Hall–Kier alpha value is -1.62. The predicted octanol–water partition coefficient (Wildman–Crippen LogP) is 4.31. The summed E-state index contributed by atoms with van der Waals surface area (Å²) in [6.07, 6.45) is 5.91. The van der Waals surface area contributed by atoms with E-state index in [0.29, 0.717) is 11.7 Å². The molecule has 0 unspecified atom stereocenters. The molecule has 0 spiro atoms. The first kappa shape index (κ1) is 16.2. The van der Waals surface area contributed by atoms with Crippen molar-refractivity contribution in [2.75, 3.05) is 0 Å². The van der Waals surface area contributed by atoms with E-state index in [1.807, 2.05) is 10.7 Å². The Balaban J connectivity index is 1.83. The van der Waals surface area contributed by atoms with Crippen LogP contribution in [-0.2, 0) is 6.54 Å². The highest BCUT2D eigenvalue weighted by molar-refractivity contribution is 7.12. The maximum atomic E-state index is 12.5. The SMILES string of the molecule is CCn1nc(C(=O)NC2CCCCC2)cc1-c1cc(C)sc1C. The molecule has 2 heterocycles. The topological polar surface area (TPSA) is 46.9 Å². The number of aryl methyl sites for hydroxylation is 3. The summed E-state index contributed by atoms with van der Waals surface area (Å²) in [5, 5.41) is 7.69. The normalized spacial score (nSPS) is 15.8. The lowest BCUT2D eigenvalue weighted by atomic mass is 9.95. The molecule has 1 aliphatic rings. The minimum absolute atomic E-state index is 0.0324. The molecular weight excluding hydrogens is 306 g/mol. The van der Waals surface area contributed by atoms with Crippen molar-refractivity contribution < 1.29 is 4.79 Å². The first-order valence-corrected chi connectivity index (χ1v) is 9.36. The summed E-state index contributed by atoms with van der Waals surface area (Å²) in [6.45, 7) is 7.07. The zero-order chi connectivity index (χ0) is 16.4. The van der Waals surface area contributed by atoms with E-state index in [9.17, 15) is 4.79 Å². The molecule has 1 N–H and O–H groups in total. The molecule has 1 aliphatic carbocycles. The molecule has 0 aromatic carbocycles. The number of thiophene rings is 1. The van der Waals surface area contributed by atoms with Gasteiger partial charge in [-0.05, 0) is 45.7 Å². The standard InChI is InChI=1S/C18H25N3OS/c1-4-21-17(15-10-12(2)23-13(15)3)11-16(20-21)18(22)19-14-8-6-5-7-9-14/h10-11,14H,4-9H2,1-3H3,(H,19,22). The summed E-state index contributed by atoms with van der Waals surface area (Å²) in [5.41, 5.74) is 2.78. The summed E-state index contributed by atoms with van der Waals surface area (Å²) in [6, 6.07) is 4.44. The van der Waals surface area contributed by atoms with Crippen molar-refractivity contribution in [3.8, 4) is 11.3 Å². The van der Waals surface area contributed by atoms with Gasteiger partial charge in [0.15, 0.2) is 5.69 Å². The molecule has 1 fully saturated rings. The van der Waals surface area contributed by atoms with Gasteiger partial charge in [-0.1, -0.05) is 19.3 Å². The third kappa shape index (κ3) is 3.50. The van der Waals surface area contributed by atoms with E-state index >= 15 is 0 Å². The van der Waals surface area contributed by atoms with E-state index in [1.165, 1.54) is 34.6 Å². The van der Waals surface area contributed by atoms with Crippen LogP contribution < -0.4 is 5.32 Å². The van der Waals surface area contributed by atoms with E-state index in [1.54, 1.807) is 11.3 Å². The van der Waals surface area contributed by atoms with Crippen LogP contribution in [0.4, 0.5) is 0 Å². The molecule has 0 aliphatic heterocycles. The summed E-state index contributed by atoms with van der Waals surface area (Å²) in [5.74, 6) is -0.0324. The first-order chi connectivity index (χ1) is 11.1. The zero-order valence-corrected chi connectivity index (χ0v) is 15.0. The molecule has 5 heteroatoms. The van der Waals surface area contributed by atoms with Crippen LogP contribution in [0.2, 0.25) is 0 Å². The number of nitrogens with one attached hydrogen (secondary N) is 1. The van der Waals surface area contributed by atoms with Crippen LogP contribution in [0.15, 0.2) is 12.1 Å². The monoisotopic (exact) mass is 331 g/mol. The van der Waals surface area contributed by atoms with Crippen LogP contribution in [-0.4, -0.2) is 21.7 Å². The van der Waals surface area contributed by atoms with Gasteiger partial charge in [-0.25, -0.2) is 0 Å². The van der Waals surface area contributed by atoms with Gasteiger partial charge in [-0.2, -0.15) is 5.10 Å². The summed E-state index contributed by atoms with van der Waals surface area (Å²) in [7, 11) is 0. The maximum Gasteiger partial charge on any atom is 0.272 e. The van der Waals surface area contributed by atoms with Gasteiger partial charge in [0.25, 0.3) is 5.91 Å². The molecule has 1 amide bonds. The average molecular weight is 331 g/mol. The average Bonchev–Trinajstić information content (AvgIpc) is 3.11. The van der Waals surface area contributed by atoms with Gasteiger partial charge in [-0.15, -0.1) is 11.3 Å². The highest BCUT2D eigenvalue weighted by Crippen LogP contribution is 2.31. The number of hydrogen-bond acceptors (Lipinski definition) is 3. The largest absolute Gasteiger partial charge is 0.348 e. The number of aromatic nitrogens is 2. The van der Waals surface area contributed by atoms with Gasteiger partial charge >= 0.3 is 0 Å². The van der Waals surface area contributed by atoms with Crippen LogP contribution in [0.1, 0.15) is 59.3 Å². The lowest BCUT2D eigenvalue weighted by Gasteiger charge is -2.22. The number of hydrogen-bond donors (Lipinski definition) is 1. The fraction of sp³-hybridized carbons (Fsp3) is 0.556. The van der Waals surface area contributed by atoms with Gasteiger partial charge in [0, 0.05) is 27.9 Å². The Morgan fingerprint density at radius 1 is 1.30 bits per heavy atom. The summed E-state index contributed by atoms with van der Waals surface area (Å²) in [4.78, 5) is 15.1. The highest BCUT2D eigenvalue weighted by Gasteiger charge is 2.21. The molecular formula is C18H25N3OS. The first-order valence-electron chi connectivity index (χ1n) is 8.54. The lowest BCUT2D eigenvalue weighted by molar-refractivity contribution is 0.0922. The van der Waals surface area contributed by atoms with E-state index in [-0.39, 0.29) is 5.91 Å². The van der Waals surface area contributed by atoms with Crippen molar-refractivity contribution in [3.05, 3.63) is 27.6 Å². The summed E-state index contributed by atoms with van der Waals surface area (Å²) < 4.78 is 1.93. The second-order valence-corrected chi connectivity index (χ2v) is 7.83. The second-order valence-electron chi connectivity index (χ2n) is 6.37. The van der Waals surface area contributed by atoms with E-state index < -0.39 is 0 Å². The van der Waals surface area contributed by atoms with Crippen LogP contribution in [0, 0.1) is 13.8 Å². The number of rotatable bonds is 4. The van der Waals surface area contributed by atoms with Crippen LogP contribution >= 0.6 is 11.3 Å². The fourth-order valence-corrected chi connectivity index (χ4v) is 4.31. The highest BCUT2D eigenvalue weighted by atomic mass is 32.1. The number of carbonyl (C=O) groups is 1. The van der Waals surface area contributed by atoms with Crippen LogP contribution in [0.5, 0.6) is 0 Å². The third-order valence-corrected chi connectivity index (χ3v) is 5.54. The maximum absolute atomic E-state index is 12.5. The molecule has 23 heavy (non-hydrogen) atoms.